The molecule has 1 aromatic carbocycles. The van der Waals surface area contributed by atoms with Gasteiger partial charge in [-0.25, -0.2) is 4.39 Å². The van der Waals surface area contributed by atoms with E-state index in [1.807, 2.05) is 13.8 Å². The summed E-state index contributed by atoms with van der Waals surface area (Å²) in [5, 5.41) is 3.43. The van der Waals surface area contributed by atoms with E-state index in [-0.39, 0.29) is 16.9 Å². The minimum Gasteiger partial charge on any atom is -0.314 e. The zero-order valence-electron chi connectivity index (χ0n) is 8.48. The van der Waals surface area contributed by atoms with Crippen molar-refractivity contribution in [3.05, 3.63) is 34.6 Å². The van der Waals surface area contributed by atoms with Crippen molar-refractivity contribution in [2.45, 2.75) is 26.3 Å². The van der Waals surface area contributed by atoms with E-state index >= 15 is 0 Å². The minimum atomic E-state index is -0.293. The lowest BCUT2D eigenvalue weighted by Crippen LogP contribution is -2.27. The van der Waals surface area contributed by atoms with Crippen LogP contribution in [0.5, 0.6) is 0 Å². The predicted molar refractivity (Wildman–Crippen MR) is 58.3 cm³/mol. The molecule has 0 aliphatic carbocycles. The molecule has 1 aromatic rings. The highest BCUT2D eigenvalue weighted by molar-refractivity contribution is 6.30. The number of hydrogen-bond donors (Lipinski definition) is 1. The molecule has 0 radical (unpaired) electrons. The van der Waals surface area contributed by atoms with Crippen molar-refractivity contribution in [3.8, 4) is 0 Å². The Balaban J connectivity index is 2.71. The van der Waals surface area contributed by atoms with Gasteiger partial charge in [0.05, 0.1) is 5.02 Å². The maximum Gasteiger partial charge on any atom is 0.145 e. The van der Waals surface area contributed by atoms with Gasteiger partial charge in [0, 0.05) is 6.04 Å². The number of halogens is 2. The largest absolute Gasteiger partial charge is 0.314 e. The van der Waals surface area contributed by atoms with Crippen molar-refractivity contribution >= 4 is 11.6 Å². The first-order valence-electron chi connectivity index (χ1n) is 4.81. The van der Waals surface area contributed by atoms with Gasteiger partial charge in [0.25, 0.3) is 0 Å². The summed E-state index contributed by atoms with van der Waals surface area (Å²) in [7, 11) is 0. The van der Waals surface area contributed by atoms with Crippen LogP contribution in [-0.4, -0.2) is 12.6 Å². The van der Waals surface area contributed by atoms with E-state index in [1.54, 1.807) is 18.2 Å². The minimum absolute atomic E-state index is 0.200. The molecule has 78 valence electrons. The van der Waals surface area contributed by atoms with Crippen molar-refractivity contribution in [2.75, 3.05) is 6.54 Å². The van der Waals surface area contributed by atoms with E-state index in [9.17, 15) is 4.39 Å². The Morgan fingerprint density at radius 1 is 1.50 bits per heavy atom. The average molecular weight is 216 g/mol. The Morgan fingerprint density at radius 3 is 2.86 bits per heavy atom. The monoisotopic (exact) mass is 215 g/mol. The molecule has 1 N–H and O–H groups in total. The Labute approximate surface area is 89.3 Å². The quantitative estimate of drug-likeness (QED) is 0.814. The lowest BCUT2D eigenvalue weighted by molar-refractivity contribution is 0.540. The molecule has 14 heavy (non-hydrogen) atoms. The second kappa shape index (κ2) is 5.32. The van der Waals surface area contributed by atoms with E-state index in [4.69, 9.17) is 11.6 Å². The molecular formula is C11H15ClFN. The fourth-order valence-corrected chi connectivity index (χ4v) is 1.65. The maximum atomic E-state index is 13.4. The molecule has 0 amide bonds. The highest BCUT2D eigenvalue weighted by Gasteiger charge is 2.08. The van der Waals surface area contributed by atoms with E-state index < -0.39 is 0 Å². The highest BCUT2D eigenvalue weighted by Crippen LogP contribution is 2.18. The standard InChI is InChI=1S/C11H15ClFN/c1-3-14-8(2)7-9-5-4-6-10(12)11(9)13/h4-6,8,14H,3,7H2,1-2H3. The Bertz CT molecular complexity index is 301. The van der Waals surface area contributed by atoms with Gasteiger partial charge in [-0.15, -0.1) is 0 Å². The van der Waals surface area contributed by atoms with Gasteiger partial charge < -0.3 is 5.32 Å². The number of benzene rings is 1. The molecule has 1 nitrogen and oxygen atoms in total. The topological polar surface area (TPSA) is 12.0 Å². The van der Waals surface area contributed by atoms with Crippen molar-refractivity contribution in [2.24, 2.45) is 0 Å². The van der Waals surface area contributed by atoms with E-state index in [0.717, 1.165) is 6.54 Å². The molecule has 0 saturated heterocycles. The van der Waals surface area contributed by atoms with Crippen LogP contribution >= 0.6 is 11.6 Å². The molecule has 0 aliphatic rings. The molecule has 1 rings (SSSR count). The van der Waals surface area contributed by atoms with Gasteiger partial charge in [-0.05, 0) is 31.5 Å². The van der Waals surface area contributed by atoms with Crippen LogP contribution < -0.4 is 5.32 Å². The Morgan fingerprint density at radius 2 is 2.21 bits per heavy atom. The maximum absolute atomic E-state index is 13.4. The van der Waals surface area contributed by atoms with Gasteiger partial charge in [-0.2, -0.15) is 0 Å². The summed E-state index contributed by atoms with van der Waals surface area (Å²) >= 11 is 5.68. The third-order valence-electron chi connectivity index (χ3n) is 2.11. The molecule has 0 heterocycles. The predicted octanol–water partition coefficient (Wildman–Crippen LogP) is 3.02. The average Bonchev–Trinajstić information content (AvgIpc) is 2.13. The van der Waals surface area contributed by atoms with Crippen LogP contribution in [0.3, 0.4) is 0 Å². The molecule has 0 aliphatic heterocycles. The summed E-state index contributed by atoms with van der Waals surface area (Å²) < 4.78 is 13.4. The van der Waals surface area contributed by atoms with Gasteiger partial charge in [0.2, 0.25) is 0 Å². The van der Waals surface area contributed by atoms with Gasteiger partial charge in [0.15, 0.2) is 0 Å². The fourth-order valence-electron chi connectivity index (χ4n) is 1.46. The summed E-state index contributed by atoms with van der Waals surface area (Å²) in [5.74, 6) is -0.293. The van der Waals surface area contributed by atoms with Gasteiger partial charge in [-0.1, -0.05) is 30.7 Å². The van der Waals surface area contributed by atoms with Crippen molar-refractivity contribution in [3.63, 3.8) is 0 Å². The Kier molecular flexibility index (Phi) is 4.36. The van der Waals surface area contributed by atoms with Crippen LogP contribution in [-0.2, 0) is 6.42 Å². The van der Waals surface area contributed by atoms with Gasteiger partial charge >= 0.3 is 0 Å². The summed E-state index contributed by atoms with van der Waals surface area (Å²) in [4.78, 5) is 0. The second-order valence-corrected chi connectivity index (χ2v) is 3.78. The molecule has 0 spiro atoms. The molecule has 1 unspecified atom stereocenters. The van der Waals surface area contributed by atoms with E-state index in [0.29, 0.717) is 12.0 Å². The Hall–Kier alpha value is -0.600. The first kappa shape index (κ1) is 11.5. The zero-order valence-corrected chi connectivity index (χ0v) is 9.24. The lowest BCUT2D eigenvalue weighted by Gasteiger charge is -2.12. The van der Waals surface area contributed by atoms with Crippen LogP contribution in [0.1, 0.15) is 19.4 Å². The first-order chi connectivity index (χ1) is 6.65. The summed E-state index contributed by atoms with van der Waals surface area (Å²) in [6.07, 6.45) is 0.667. The third-order valence-corrected chi connectivity index (χ3v) is 2.40. The van der Waals surface area contributed by atoms with Crippen LogP contribution in [0.15, 0.2) is 18.2 Å². The summed E-state index contributed by atoms with van der Waals surface area (Å²) in [6, 6.07) is 5.39. The molecule has 0 bridgehead atoms. The number of likely N-dealkylation sites (N-methyl/N-ethyl adjacent to an activating group) is 1. The second-order valence-electron chi connectivity index (χ2n) is 3.38. The smallest absolute Gasteiger partial charge is 0.145 e. The first-order valence-corrected chi connectivity index (χ1v) is 5.19. The lowest BCUT2D eigenvalue weighted by atomic mass is 10.1. The van der Waals surface area contributed by atoms with Gasteiger partial charge in [-0.3, -0.25) is 0 Å². The third kappa shape index (κ3) is 2.96. The van der Waals surface area contributed by atoms with Crippen molar-refractivity contribution in [1.29, 1.82) is 0 Å². The molecular weight excluding hydrogens is 201 g/mol. The molecule has 0 fully saturated rings. The molecule has 1 atom stereocenters. The molecule has 3 heteroatoms. The van der Waals surface area contributed by atoms with E-state index in [2.05, 4.69) is 5.32 Å². The van der Waals surface area contributed by atoms with Gasteiger partial charge in [0.1, 0.15) is 5.82 Å². The van der Waals surface area contributed by atoms with Crippen LogP contribution in [0.2, 0.25) is 5.02 Å². The molecule has 0 saturated carbocycles. The SMILES string of the molecule is CCNC(C)Cc1cccc(Cl)c1F. The van der Waals surface area contributed by atoms with Crippen molar-refractivity contribution < 1.29 is 4.39 Å². The highest BCUT2D eigenvalue weighted by atomic mass is 35.5. The van der Waals surface area contributed by atoms with Crippen LogP contribution in [0.4, 0.5) is 4.39 Å². The molecule has 0 aromatic heterocycles. The summed E-state index contributed by atoms with van der Waals surface area (Å²) in [6.45, 7) is 4.96. The van der Waals surface area contributed by atoms with E-state index in [1.165, 1.54) is 0 Å². The normalized spacial score (nSPS) is 12.9. The fraction of sp³-hybridized carbons (Fsp3) is 0.455. The number of rotatable bonds is 4. The number of hydrogen-bond acceptors (Lipinski definition) is 1. The van der Waals surface area contributed by atoms with Crippen LogP contribution in [0.25, 0.3) is 0 Å². The number of nitrogens with one attached hydrogen (secondary N) is 1. The zero-order chi connectivity index (χ0) is 10.6. The summed E-state index contributed by atoms with van der Waals surface area (Å²) in [5.41, 5.74) is 0.672. The van der Waals surface area contributed by atoms with Crippen LogP contribution in [0, 0.1) is 5.82 Å². The van der Waals surface area contributed by atoms with Crippen molar-refractivity contribution in [1.82, 2.24) is 5.32 Å².